The number of ether oxygens (including phenoxy) is 2. The van der Waals surface area contributed by atoms with Crippen molar-refractivity contribution in [2.24, 2.45) is 5.89 Å². The van der Waals surface area contributed by atoms with E-state index < -0.39 is 68.9 Å². The molecule has 1 atom stereocenters. The topological polar surface area (TPSA) is 78.7 Å². The average molecular weight is 453 g/mol. The summed E-state index contributed by atoms with van der Waals surface area (Å²) in [7, 11) is 1.22. The predicted octanol–water partition coefficient (Wildman–Crippen LogP) is 3.39. The molecule has 0 radical (unpaired) electrons. The highest BCUT2D eigenvalue weighted by atomic mass is 16.5. The summed E-state index contributed by atoms with van der Waals surface area (Å²) >= 11 is 0. The van der Waals surface area contributed by atoms with Crippen LogP contribution in [-0.2, 0) is 27.3 Å². The molecule has 7 heteroatoms. The van der Waals surface area contributed by atoms with E-state index in [4.69, 9.17) is 21.8 Å². The lowest BCUT2D eigenvalue weighted by Crippen LogP contribution is -2.57. The normalized spacial score (nSPS) is 34.7. The van der Waals surface area contributed by atoms with Gasteiger partial charge >= 0.3 is 0 Å². The highest BCUT2D eigenvalue weighted by Gasteiger charge is 2.39. The fourth-order valence-electron chi connectivity index (χ4n) is 4.03. The third-order valence-electron chi connectivity index (χ3n) is 5.82. The average Bonchev–Trinajstić information content (AvgIpc) is 3.71. The predicted molar refractivity (Wildman–Crippen MR) is 123 cm³/mol. The summed E-state index contributed by atoms with van der Waals surface area (Å²) in [5.74, 6) is -5.90. The maximum absolute atomic E-state index is 13.5. The minimum atomic E-state index is -4.10. The van der Waals surface area contributed by atoms with Crippen LogP contribution in [-0.4, -0.2) is 60.7 Å². The Kier molecular flexibility index (Phi) is 3.47. The molecule has 7 nitrogen and oxygen atoms in total. The van der Waals surface area contributed by atoms with E-state index in [2.05, 4.69) is 4.98 Å². The van der Waals surface area contributed by atoms with Gasteiger partial charge in [0.05, 0.1) is 49.4 Å². The second kappa shape index (κ2) is 8.99. The Labute approximate surface area is 208 Å². The van der Waals surface area contributed by atoms with Gasteiger partial charge in [-0.1, -0.05) is 13.7 Å². The number of piperazine rings is 1. The first-order valence-electron chi connectivity index (χ1n) is 16.6. The summed E-state index contributed by atoms with van der Waals surface area (Å²) in [5.41, 5.74) is 0.695. The monoisotopic (exact) mass is 452 g/mol. The number of nitrogens with zero attached hydrogens (tertiary/aromatic N) is 4. The molecule has 0 N–H and O–H groups in total. The Balaban J connectivity index is 2.09. The lowest BCUT2D eigenvalue weighted by atomic mass is 9.87. The molecule has 32 heavy (non-hydrogen) atoms. The number of carbonyl (C=O) groups excluding carboxylic acids is 1. The summed E-state index contributed by atoms with van der Waals surface area (Å²) < 4.78 is 114. The van der Waals surface area contributed by atoms with E-state index in [0.717, 1.165) is 12.8 Å². The van der Waals surface area contributed by atoms with Gasteiger partial charge in [0.1, 0.15) is 11.9 Å². The smallest absolute Gasteiger partial charge is 0.225 e. The molecular weight excluding hydrogens is 404 g/mol. The van der Waals surface area contributed by atoms with Crippen molar-refractivity contribution in [3.63, 3.8) is 0 Å². The second-order valence-electron chi connectivity index (χ2n) is 8.82. The molecule has 3 heterocycles. The van der Waals surface area contributed by atoms with Gasteiger partial charge in [-0.15, -0.1) is 0 Å². The largest absolute Gasteiger partial charge is 0.384 e. The molecule has 1 amide bonds. The number of rotatable bonds is 6. The number of aromatic nitrogens is 1. The Morgan fingerprint density at radius 3 is 2.94 bits per heavy atom. The van der Waals surface area contributed by atoms with Crippen LogP contribution in [0.1, 0.15) is 91.6 Å². The van der Waals surface area contributed by atoms with E-state index in [1.807, 2.05) is 6.07 Å². The Morgan fingerprint density at radius 2 is 2.28 bits per heavy atom. The molecule has 0 aromatic carbocycles. The highest BCUT2D eigenvalue weighted by Crippen LogP contribution is 2.46. The number of hydrogen-bond acceptors (Lipinski definition) is 6. The van der Waals surface area contributed by atoms with Gasteiger partial charge < -0.3 is 19.3 Å². The van der Waals surface area contributed by atoms with Gasteiger partial charge in [0.15, 0.2) is 0 Å². The Morgan fingerprint density at radius 1 is 1.50 bits per heavy atom. The van der Waals surface area contributed by atoms with Crippen LogP contribution in [0, 0.1) is 17.2 Å². The zero-order valence-electron chi connectivity index (χ0n) is 30.5. The Bertz CT molecular complexity index is 1360. The SMILES string of the molecule is [2H]C1([2H])CN(c2nc(C3CC3)c3c(c2C#N)CC(C)(C)OC3)C([2H])([2H])C([2H])(C([2H])(C([2H])([2H])[2H])C([2H])([2H])[2H])N1C(=O)CCOC. The lowest BCUT2D eigenvalue weighted by Gasteiger charge is -2.44. The van der Waals surface area contributed by atoms with Gasteiger partial charge in [-0.3, -0.25) is 4.79 Å². The van der Waals surface area contributed by atoms with Crippen molar-refractivity contribution in [3.05, 3.63) is 22.4 Å². The van der Waals surface area contributed by atoms with Crippen molar-refractivity contribution < 1.29 is 30.7 Å². The van der Waals surface area contributed by atoms with Crippen LogP contribution in [0.4, 0.5) is 5.82 Å². The minimum absolute atomic E-state index is 0.0650. The molecule has 1 aromatic rings. The van der Waals surface area contributed by atoms with Crippen molar-refractivity contribution in [1.29, 1.82) is 5.26 Å². The van der Waals surface area contributed by atoms with E-state index in [9.17, 15) is 14.2 Å². The summed E-state index contributed by atoms with van der Waals surface area (Å²) in [5, 5.41) is 10.4. The third kappa shape index (κ3) is 4.49. The molecule has 174 valence electrons. The number of methoxy groups -OCH3 is 1. The minimum Gasteiger partial charge on any atom is -0.384 e. The lowest BCUT2D eigenvalue weighted by molar-refractivity contribution is -0.135. The molecule has 1 unspecified atom stereocenters. The first-order valence-corrected chi connectivity index (χ1v) is 10.6. The van der Waals surface area contributed by atoms with Crippen molar-refractivity contribution in [1.82, 2.24) is 9.88 Å². The molecule has 3 aliphatic rings. The first-order chi connectivity index (χ1) is 19.9. The second-order valence-corrected chi connectivity index (χ2v) is 8.82. The van der Waals surface area contributed by atoms with E-state index in [1.165, 1.54) is 7.11 Å². The van der Waals surface area contributed by atoms with Crippen LogP contribution in [0.25, 0.3) is 0 Å². The first kappa shape index (κ1) is 12.3. The summed E-state index contributed by atoms with van der Waals surface area (Å²) in [6.07, 6.45) is 1.01. The van der Waals surface area contributed by atoms with Gasteiger partial charge in [-0.25, -0.2) is 4.98 Å². The zero-order chi connectivity index (χ0) is 33.5. The molecule has 4 rings (SSSR count). The third-order valence-corrected chi connectivity index (χ3v) is 5.82. The van der Waals surface area contributed by atoms with Crippen molar-refractivity contribution in [3.8, 4) is 6.07 Å². The number of anilines is 1. The van der Waals surface area contributed by atoms with E-state index >= 15 is 0 Å². The number of pyridine rings is 1. The molecule has 2 fully saturated rings. The molecule has 0 spiro atoms. The maximum Gasteiger partial charge on any atom is 0.225 e. The van der Waals surface area contributed by atoms with Crippen LogP contribution in [0.3, 0.4) is 0 Å². The van der Waals surface area contributed by atoms with Gasteiger partial charge in [0.25, 0.3) is 0 Å². The number of hydrogen-bond donors (Lipinski definition) is 0. The van der Waals surface area contributed by atoms with E-state index in [0.29, 0.717) is 21.7 Å². The number of fused-ring (bicyclic) bond motifs is 1. The van der Waals surface area contributed by atoms with E-state index in [-0.39, 0.29) is 36.0 Å². The van der Waals surface area contributed by atoms with Crippen molar-refractivity contribution in [2.45, 2.75) is 77.4 Å². The van der Waals surface area contributed by atoms with Crippen molar-refractivity contribution >= 4 is 11.7 Å². The summed E-state index contributed by atoms with van der Waals surface area (Å²) in [6, 6.07) is -1.93. The molecule has 1 aliphatic carbocycles. The number of carbonyl (C=O) groups is 1. The van der Waals surface area contributed by atoms with E-state index in [1.54, 1.807) is 13.8 Å². The molecule has 0 bridgehead atoms. The molecular formula is C25H36N4O3. The highest BCUT2D eigenvalue weighted by molar-refractivity contribution is 5.77. The van der Waals surface area contributed by atoms with Gasteiger partial charge in [0.2, 0.25) is 5.91 Å². The van der Waals surface area contributed by atoms with Gasteiger partial charge in [0, 0.05) is 54.1 Å². The number of nitriles is 1. The van der Waals surface area contributed by atoms with Crippen LogP contribution in [0.5, 0.6) is 0 Å². The molecule has 1 saturated heterocycles. The fourth-order valence-corrected chi connectivity index (χ4v) is 4.03. The zero-order valence-corrected chi connectivity index (χ0v) is 18.5. The molecule has 1 aromatic heterocycles. The van der Waals surface area contributed by atoms with Crippen LogP contribution >= 0.6 is 0 Å². The van der Waals surface area contributed by atoms with Crippen LogP contribution < -0.4 is 4.90 Å². The quantitative estimate of drug-likeness (QED) is 0.658. The number of amides is 1. The maximum atomic E-state index is 13.5. The van der Waals surface area contributed by atoms with Gasteiger partial charge in [-0.05, 0) is 38.1 Å². The molecule has 1 saturated carbocycles. The summed E-state index contributed by atoms with van der Waals surface area (Å²) in [6.45, 7) is -12.3. The van der Waals surface area contributed by atoms with Crippen LogP contribution in [0.15, 0.2) is 0 Å². The van der Waals surface area contributed by atoms with Gasteiger partial charge in [-0.2, -0.15) is 5.26 Å². The standard InChI is InChI=1S/C25H36N4O3/c1-16(2)21-14-28(9-10-29(21)22(30)8-11-31-5)24-19(13-26)18-12-25(3,4)32-15-20(18)23(27-24)17-6-7-17/h16-17,21H,6-12,14-15H2,1-5H3/i1D3,2D3,10D2,14D2,16D,21D. The fraction of sp³-hybridized carbons (Fsp3) is 0.720. The van der Waals surface area contributed by atoms with Crippen molar-refractivity contribution in [2.75, 3.05) is 38.2 Å². The summed E-state index contributed by atoms with van der Waals surface area (Å²) in [4.78, 5) is 18.6. The molecule has 2 aliphatic heterocycles. The van der Waals surface area contributed by atoms with Crippen LogP contribution in [0.2, 0.25) is 0 Å². The Hall–Kier alpha value is -2.17.